The highest BCUT2D eigenvalue weighted by Crippen LogP contribution is 2.27. The number of guanidine groups is 1. The number of hydrogen-bond acceptors (Lipinski definition) is 8. The molecule has 0 atom stereocenters. The lowest BCUT2D eigenvalue weighted by molar-refractivity contribution is 0.131. The van der Waals surface area contributed by atoms with Gasteiger partial charge in [-0.15, -0.1) is 0 Å². The minimum absolute atomic E-state index is 0.450. The molecule has 8 heteroatoms. The second-order valence-corrected chi connectivity index (χ2v) is 9.26. The van der Waals surface area contributed by atoms with Crippen LogP contribution >= 0.6 is 0 Å². The number of fused-ring (bicyclic) bond motifs is 6. The third-order valence-electron chi connectivity index (χ3n) is 6.50. The summed E-state index contributed by atoms with van der Waals surface area (Å²) in [6, 6.07) is 8.66. The first kappa shape index (κ1) is 22.8. The lowest BCUT2D eigenvalue weighted by Crippen LogP contribution is -2.45. The number of benzene rings is 1. The Morgan fingerprint density at radius 3 is 2.76 bits per heavy atom. The fraction of sp³-hybridized carbons (Fsp3) is 0.462. The van der Waals surface area contributed by atoms with Crippen LogP contribution in [0.25, 0.3) is 0 Å². The van der Waals surface area contributed by atoms with Gasteiger partial charge < -0.3 is 24.3 Å². The molecule has 34 heavy (non-hydrogen) atoms. The van der Waals surface area contributed by atoms with Gasteiger partial charge in [0.15, 0.2) is 0 Å². The summed E-state index contributed by atoms with van der Waals surface area (Å²) in [5, 5.41) is 3.45. The largest absolute Gasteiger partial charge is 0.466 e. The second-order valence-electron chi connectivity index (χ2n) is 9.26. The average Bonchev–Trinajstić information content (AvgIpc) is 3.31. The number of nitrogens with one attached hydrogen (secondary N) is 1. The molecule has 0 saturated carbocycles. The van der Waals surface area contributed by atoms with E-state index in [0.29, 0.717) is 25.7 Å². The standard InChI is InChI=1S/C26H34N6O2/c1-30-10-12-32(13-11-30)25-6-5-22-15-20(25)17-31(2)9-3-4-14-33-19-23-16-21(18-34-23)24-7-8-27-26(28-22)29-24/h3-6,15-16,18H,7-14,17,19H2,1-2H3,(H,27,28)/b4-3+. The van der Waals surface area contributed by atoms with Gasteiger partial charge >= 0.3 is 0 Å². The maximum atomic E-state index is 5.77. The predicted molar refractivity (Wildman–Crippen MR) is 137 cm³/mol. The van der Waals surface area contributed by atoms with Crippen LogP contribution in [0.2, 0.25) is 0 Å². The third kappa shape index (κ3) is 5.58. The Hall–Kier alpha value is -2.94. The van der Waals surface area contributed by atoms with Crippen molar-refractivity contribution in [1.82, 2.24) is 9.80 Å². The number of aliphatic imine (C=N–C) groups is 2. The number of likely N-dealkylation sites (N-methyl/N-ethyl adjacent to an activating group) is 2. The van der Waals surface area contributed by atoms with Crippen molar-refractivity contribution in [3.8, 4) is 0 Å². The quantitative estimate of drug-likeness (QED) is 0.657. The van der Waals surface area contributed by atoms with Crippen LogP contribution in [0, 0.1) is 0 Å². The highest BCUT2D eigenvalue weighted by Gasteiger charge is 2.19. The first-order valence-electron chi connectivity index (χ1n) is 12.1. The van der Waals surface area contributed by atoms with Gasteiger partial charge in [-0.1, -0.05) is 12.2 Å². The van der Waals surface area contributed by atoms with Crippen LogP contribution in [0.5, 0.6) is 0 Å². The summed E-state index contributed by atoms with van der Waals surface area (Å²) in [5.41, 5.74) is 5.62. The van der Waals surface area contributed by atoms with Gasteiger partial charge in [0.1, 0.15) is 12.4 Å². The van der Waals surface area contributed by atoms with Gasteiger partial charge in [-0.05, 0) is 43.9 Å². The smallest absolute Gasteiger partial charge is 0.222 e. The fourth-order valence-corrected chi connectivity index (χ4v) is 4.55. The van der Waals surface area contributed by atoms with Crippen molar-refractivity contribution in [2.24, 2.45) is 9.98 Å². The van der Waals surface area contributed by atoms with E-state index < -0.39 is 0 Å². The Labute approximate surface area is 201 Å². The zero-order chi connectivity index (χ0) is 23.3. The van der Waals surface area contributed by atoms with Gasteiger partial charge in [0.05, 0.1) is 18.6 Å². The molecule has 180 valence electrons. The van der Waals surface area contributed by atoms with Crippen LogP contribution < -0.4 is 10.2 Å². The summed E-state index contributed by atoms with van der Waals surface area (Å²) in [4.78, 5) is 16.6. The maximum Gasteiger partial charge on any atom is 0.222 e. The van der Waals surface area contributed by atoms with Crippen LogP contribution in [0.1, 0.15) is 23.3 Å². The molecule has 1 aromatic carbocycles. The third-order valence-corrected chi connectivity index (χ3v) is 6.50. The maximum absolute atomic E-state index is 5.77. The number of piperazine rings is 1. The summed E-state index contributed by atoms with van der Waals surface area (Å²) >= 11 is 0. The molecule has 1 N–H and O–H groups in total. The number of ether oxygens (including phenoxy) is 1. The van der Waals surface area contributed by atoms with E-state index in [1.165, 1.54) is 11.3 Å². The number of rotatable bonds is 1. The Morgan fingerprint density at radius 2 is 1.88 bits per heavy atom. The molecule has 3 aliphatic rings. The molecule has 0 amide bonds. The molecule has 1 fully saturated rings. The van der Waals surface area contributed by atoms with Crippen molar-refractivity contribution in [3.63, 3.8) is 0 Å². The summed E-state index contributed by atoms with van der Waals surface area (Å²) in [6.07, 6.45) is 6.81. The second kappa shape index (κ2) is 10.5. The summed E-state index contributed by atoms with van der Waals surface area (Å²) < 4.78 is 11.5. The van der Waals surface area contributed by atoms with Crippen LogP contribution in [-0.4, -0.2) is 81.4 Å². The van der Waals surface area contributed by atoms with Crippen molar-refractivity contribution in [2.75, 3.05) is 70.2 Å². The Bertz CT molecular complexity index is 1080. The Balaban J connectivity index is 1.44. The topological polar surface area (TPSA) is 68.8 Å². The Morgan fingerprint density at radius 1 is 1.00 bits per heavy atom. The van der Waals surface area contributed by atoms with Crippen LogP contribution in [-0.2, 0) is 17.9 Å². The van der Waals surface area contributed by atoms with E-state index in [0.717, 1.165) is 68.4 Å². The molecule has 0 unspecified atom stereocenters. The average molecular weight is 463 g/mol. The normalized spacial score (nSPS) is 21.6. The van der Waals surface area contributed by atoms with Crippen molar-refractivity contribution < 1.29 is 9.15 Å². The summed E-state index contributed by atoms with van der Waals surface area (Å²) in [6.45, 7) is 7.70. The number of nitrogens with zero attached hydrogens (tertiary/aromatic N) is 5. The number of anilines is 2. The van der Waals surface area contributed by atoms with Crippen molar-refractivity contribution in [1.29, 1.82) is 0 Å². The monoisotopic (exact) mass is 462 g/mol. The van der Waals surface area contributed by atoms with E-state index in [9.17, 15) is 0 Å². The van der Waals surface area contributed by atoms with Crippen molar-refractivity contribution >= 4 is 23.0 Å². The van der Waals surface area contributed by atoms with E-state index >= 15 is 0 Å². The molecule has 4 heterocycles. The van der Waals surface area contributed by atoms with Crippen LogP contribution in [0.15, 0.2) is 57.1 Å². The number of furan rings is 1. The molecule has 1 saturated heterocycles. The lowest BCUT2D eigenvalue weighted by Gasteiger charge is -2.35. The molecule has 8 nitrogen and oxygen atoms in total. The van der Waals surface area contributed by atoms with Gasteiger partial charge in [0.2, 0.25) is 5.96 Å². The van der Waals surface area contributed by atoms with Crippen molar-refractivity contribution in [2.45, 2.75) is 19.6 Å². The first-order chi connectivity index (χ1) is 16.6. The minimum atomic E-state index is 0.450. The molecule has 1 aromatic heterocycles. The molecule has 6 bridgehead atoms. The van der Waals surface area contributed by atoms with Gasteiger partial charge in [-0.3, -0.25) is 9.89 Å². The van der Waals surface area contributed by atoms with Crippen LogP contribution in [0.4, 0.5) is 11.4 Å². The fourth-order valence-electron chi connectivity index (χ4n) is 4.55. The van der Waals surface area contributed by atoms with E-state index in [4.69, 9.17) is 14.1 Å². The highest BCUT2D eigenvalue weighted by molar-refractivity contribution is 6.11. The van der Waals surface area contributed by atoms with E-state index in [2.05, 4.69) is 69.5 Å². The zero-order valence-corrected chi connectivity index (χ0v) is 20.2. The molecule has 5 rings (SSSR count). The molecule has 0 aliphatic carbocycles. The molecular formula is C26H34N6O2. The SMILES string of the molecule is CN1CCN(c2ccc3cc2CN(C)C/C=C/COCc2cc(co2)C2=NC(=NCC2)N3)CC1. The van der Waals surface area contributed by atoms with Gasteiger partial charge in [0, 0.05) is 69.2 Å². The van der Waals surface area contributed by atoms with E-state index in [1.54, 1.807) is 6.26 Å². The minimum Gasteiger partial charge on any atom is -0.466 e. The van der Waals surface area contributed by atoms with Gasteiger partial charge in [0.25, 0.3) is 0 Å². The van der Waals surface area contributed by atoms with Gasteiger partial charge in [-0.25, -0.2) is 4.99 Å². The van der Waals surface area contributed by atoms with Crippen molar-refractivity contribution in [3.05, 3.63) is 59.6 Å². The van der Waals surface area contributed by atoms with E-state index in [-0.39, 0.29) is 0 Å². The number of hydrogen-bond donors (Lipinski definition) is 1. The summed E-state index contributed by atoms with van der Waals surface area (Å²) in [5.74, 6) is 1.46. The molecule has 2 aromatic rings. The zero-order valence-electron chi connectivity index (χ0n) is 20.2. The molecule has 3 aliphatic heterocycles. The lowest BCUT2D eigenvalue weighted by atomic mass is 10.1. The van der Waals surface area contributed by atoms with Gasteiger partial charge in [-0.2, -0.15) is 0 Å². The molecule has 0 spiro atoms. The van der Waals surface area contributed by atoms with Crippen LogP contribution in [0.3, 0.4) is 0 Å². The summed E-state index contributed by atoms with van der Waals surface area (Å²) in [7, 11) is 4.35. The molecule has 0 radical (unpaired) electrons. The van der Waals surface area contributed by atoms with E-state index in [1.807, 2.05) is 6.07 Å². The highest BCUT2D eigenvalue weighted by atomic mass is 16.5. The molecular weight excluding hydrogens is 428 g/mol. The Kier molecular flexibility index (Phi) is 7.08. The first-order valence-corrected chi connectivity index (χ1v) is 12.1. The predicted octanol–water partition coefficient (Wildman–Crippen LogP) is 3.21.